The van der Waals surface area contributed by atoms with Gasteiger partial charge in [-0.1, -0.05) is 62.2 Å². The lowest BCUT2D eigenvalue weighted by atomic mass is 10.1. The van der Waals surface area contributed by atoms with Crippen molar-refractivity contribution in [2.24, 2.45) is 0 Å². The van der Waals surface area contributed by atoms with Crippen LogP contribution in [0.2, 0.25) is 0 Å². The molecule has 0 saturated carbocycles. The first-order valence-electron chi connectivity index (χ1n) is 11.8. The normalized spacial score (nSPS) is 12.3. The van der Waals surface area contributed by atoms with Gasteiger partial charge < -0.3 is 15.0 Å². The quantitative estimate of drug-likeness (QED) is 0.400. The summed E-state index contributed by atoms with van der Waals surface area (Å²) in [6.45, 7) is 4.15. The Morgan fingerprint density at radius 2 is 1.60 bits per heavy atom. The van der Waals surface area contributed by atoms with Crippen LogP contribution in [0, 0.1) is 0 Å². The van der Waals surface area contributed by atoms with E-state index in [0.29, 0.717) is 12.3 Å². The Labute approximate surface area is 209 Å². The van der Waals surface area contributed by atoms with Crippen molar-refractivity contribution in [3.63, 3.8) is 0 Å². The van der Waals surface area contributed by atoms with Crippen molar-refractivity contribution in [2.75, 3.05) is 26.5 Å². The molecule has 0 aliphatic rings. The van der Waals surface area contributed by atoms with Gasteiger partial charge in [-0.15, -0.1) is 0 Å². The van der Waals surface area contributed by atoms with E-state index in [2.05, 4.69) is 12.2 Å². The third-order valence-corrected chi connectivity index (χ3v) is 6.94. The summed E-state index contributed by atoms with van der Waals surface area (Å²) in [5, 5.41) is 2.90. The van der Waals surface area contributed by atoms with E-state index in [4.69, 9.17) is 4.74 Å². The summed E-state index contributed by atoms with van der Waals surface area (Å²) < 4.78 is 31.3. The molecule has 0 heterocycles. The lowest BCUT2D eigenvalue weighted by molar-refractivity contribution is -0.140. The van der Waals surface area contributed by atoms with Gasteiger partial charge in [-0.05, 0) is 36.6 Å². The number of hydrogen-bond acceptors (Lipinski definition) is 5. The molecule has 0 spiro atoms. The van der Waals surface area contributed by atoms with Crippen LogP contribution in [-0.2, 0) is 32.7 Å². The molecule has 1 atom stereocenters. The average Bonchev–Trinajstić information content (AvgIpc) is 2.84. The Kier molecular flexibility index (Phi) is 11.2. The predicted octanol–water partition coefficient (Wildman–Crippen LogP) is 3.18. The average molecular weight is 504 g/mol. The molecular formula is C26H37N3O5S. The molecule has 2 aromatic carbocycles. The lowest BCUT2D eigenvalue weighted by Crippen LogP contribution is -2.51. The number of methoxy groups -OCH3 is 1. The first-order valence-corrected chi connectivity index (χ1v) is 13.7. The highest BCUT2D eigenvalue weighted by molar-refractivity contribution is 7.88. The Hall–Kier alpha value is -2.91. The highest BCUT2D eigenvalue weighted by Crippen LogP contribution is 2.16. The predicted molar refractivity (Wildman–Crippen MR) is 137 cm³/mol. The van der Waals surface area contributed by atoms with Crippen LogP contribution < -0.4 is 10.1 Å². The van der Waals surface area contributed by atoms with E-state index in [-0.39, 0.29) is 25.5 Å². The van der Waals surface area contributed by atoms with Gasteiger partial charge in [0.15, 0.2) is 0 Å². The molecule has 0 unspecified atom stereocenters. The number of nitrogens with one attached hydrogen (secondary N) is 1. The highest BCUT2D eigenvalue weighted by atomic mass is 32.2. The van der Waals surface area contributed by atoms with Crippen molar-refractivity contribution in [3.8, 4) is 5.75 Å². The Bertz CT molecular complexity index is 1040. The molecule has 192 valence electrons. The van der Waals surface area contributed by atoms with E-state index in [1.807, 2.05) is 42.5 Å². The number of ether oxygens (including phenoxy) is 1. The molecule has 1 N–H and O–H groups in total. The third-order valence-electron chi connectivity index (χ3n) is 5.74. The molecule has 0 aromatic heterocycles. The molecular weight excluding hydrogens is 466 g/mol. The number of unbranched alkanes of at least 4 members (excludes halogenated alkanes) is 2. The van der Waals surface area contributed by atoms with E-state index in [1.54, 1.807) is 26.2 Å². The molecule has 0 bridgehead atoms. The minimum Gasteiger partial charge on any atom is -0.497 e. The summed E-state index contributed by atoms with van der Waals surface area (Å²) in [4.78, 5) is 27.7. The third kappa shape index (κ3) is 9.33. The van der Waals surface area contributed by atoms with Crippen LogP contribution in [0.1, 0.15) is 44.2 Å². The second kappa shape index (κ2) is 13.8. The number of amides is 2. The number of hydrogen-bond donors (Lipinski definition) is 1. The van der Waals surface area contributed by atoms with Crippen molar-refractivity contribution in [3.05, 3.63) is 65.7 Å². The van der Waals surface area contributed by atoms with Gasteiger partial charge in [-0.2, -0.15) is 4.31 Å². The Morgan fingerprint density at radius 1 is 0.971 bits per heavy atom. The first kappa shape index (κ1) is 28.3. The van der Waals surface area contributed by atoms with Crippen molar-refractivity contribution < 1.29 is 22.7 Å². The van der Waals surface area contributed by atoms with Crippen LogP contribution in [-0.4, -0.2) is 61.9 Å². The second-order valence-corrected chi connectivity index (χ2v) is 10.5. The van der Waals surface area contributed by atoms with Crippen molar-refractivity contribution in [1.29, 1.82) is 0 Å². The molecule has 8 nitrogen and oxygen atoms in total. The van der Waals surface area contributed by atoms with Crippen LogP contribution >= 0.6 is 0 Å². The number of nitrogens with zero attached hydrogens (tertiary/aromatic N) is 2. The van der Waals surface area contributed by atoms with E-state index in [1.165, 1.54) is 4.90 Å². The maximum Gasteiger partial charge on any atom is 0.242 e. The molecule has 2 rings (SSSR count). The molecule has 2 aromatic rings. The highest BCUT2D eigenvalue weighted by Gasteiger charge is 2.29. The standard InChI is InChI=1S/C26H37N3O5S/c1-5-6-10-17-27-26(31)21(2)29(19-23-13-15-24(34-3)16-14-23)25(30)20-28(35(4,32)33)18-22-11-8-7-9-12-22/h7-9,11-16,21H,5-6,10,17-20H2,1-4H3,(H,27,31)/t21-/m1/s1. The van der Waals surface area contributed by atoms with Crippen LogP contribution in [0.3, 0.4) is 0 Å². The van der Waals surface area contributed by atoms with Gasteiger partial charge in [-0.25, -0.2) is 8.42 Å². The molecule has 9 heteroatoms. The van der Waals surface area contributed by atoms with Crippen LogP contribution in [0.5, 0.6) is 5.75 Å². The van der Waals surface area contributed by atoms with Crippen LogP contribution in [0.15, 0.2) is 54.6 Å². The number of benzene rings is 2. The van der Waals surface area contributed by atoms with Gasteiger partial charge in [0, 0.05) is 19.6 Å². The van der Waals surface area contributed by atoms with Crippen molar-refractivity contribution in [1.82, 2.24) is 14.5 Å². The summed E-state index contributed by atoms with van der Waals surface area (Å²) in [6.07, 6.45) is 3.99. The van der Waals surface area contributed by atoms with Gasteiger partial charge in [0.1, 0.15) is 11.8 Å². The topological polar surface area (TPSA) is 96.0 Å². The SMILES string of the molecule is CCCCCNC(=O)[C@@H](C)N(Cc1ccc(OC)cc1)C(=O)CN(Cc1ccccc1)S(C)(=O)=O. The number of sulfonamides is 1. The largest absolute Gasteiger partial charge is 0.497 e. The first-order chi connectivity index (χ1) is 16.7. The Morgan fingerprint density at radius 3 is 2.17 bits per heavy atom. The lowest BCUT2D eigenvalue weighted by Gasteiger charge is -2.31. The van der Waals surface area contributed by atoms with E-state index in [0.717, 1.165) is 41.0 Å². The monoisotopic (exact) mass is 503 g/mol. The van der Waals surface area contributed by atoms with E-state index >= 15 is 0 Å². The minimum absolute atomic E-state index is 0.0688. The molecule has 0 aliphatic carbocycles. The van der Waals surface area contributed by atoms with E-state index < -0.39 is 22.0 Å². The van der Waals surface area contributed by atoms with Gasteiger partial charge in [0.2, 0.25) is 21.8 Å². The molecule has 35 heavy (non-hydrogen) atoms. The summed E-state index contributed by atoms with van der Waals surface area (Å²) in [5.74, 6) is -0.0326. The number of rotatable bonds is 14. The summed E-state index contributed by atoms with van der Waals surface area (Å²) in [5.41, 5.74) is 1.58. The maximum atomic E-state index is 13.5. The van der Waals surface area contributed by atoms with Crippen LogP contribution in [0.4, 0.5) is 0 Å². The number of carbonyl (C=O) groups is 2. The molecule has 0 aliphatic heterocycles. The van der Waals surface area contributed by atoms with Crippen molar-refractivity contribution in [2.45, 2.75) is 52.2 Å². The fraction of sp³-hybridized carbons (Fsp3) is 0.462. The number of carbonyl (C=O) groups excluding carboxylic acids is 2. The zero-order valence-electron chi connectivity index (χ0n) is 21.1. The second-order valence-electron chi connectivity index (χ2n) is 8.56. The van der Waals surface area contributed by atoms with Gasteiger partial charge in [0.25, 0.3) is 0 Å². The van der Waals surface area contributed by atoms with Gasteiger partial charge in [0.05, 0.1) is 19.9 Å². The van der Waals surface area contributed by atoms with E-state index in [9.17, 15) is 18.0 Å². The zero-order valence-corrected chi connectivity index (χ0v) is 21.9. The fourth-order valence-electron chi connectivity index (χ4n) is 3.56. The minimum atomic E-state index is -3.67. The molecule has 0 fully saturated rings. The zero-order chi connectivity index (χ0) is 25.8. The molecule has 0 saturated heterocycles. The summed E-state index contributed by atoms with van der Waals surface area (Å²) in [6, 6.07) is 15.5. The Balaban J connectivity index is 2.24. The van der Waals surface area contributed by atoms with Crippen molar-refractivity contribution >= 4 is 21.8 Å². The summed E-state index contributed by atoms with van der Waals surface area (Å²) >= 11 is 0. The smallest absolute Gasteiger partial charge is 0.242 e. The molecule has 0 radical (unpaired) electrons. The molecule has 2 amide bonds. The fourth-order valence-corrected chi connectivity index (χ4v) is 4.29. The summed E-state index contributed by atoms with van der Waals surface area (Å²) in [7, 11) is -2.10. The van der Waals surface area contributed by atoms with Gasteiger partial charge >= 0.3 is 0 Å². The van der Waals surface area contributed by atoms with Gasteiger partial charge in [-0.3, -0.25) is 9.59 Å². The van der Waals surface area contributed by atoms with Crippen LogP contribution in [0.25, 0.3) is 0 Å². The maximum absolute atomic E-state index is 13.5.